The van der Waals surface area contributed by atoms with Crippen molar-refractivity contribution in [2.75, 3.05) is 39.0 Å². The van der Waals surface area contributed by atoms with E-state index in [1.807, 2.05) is 0 Å². The number of hydrogen-bond donors (Lipinski definition) is 3. The smallest absolute Gasteiger partial charge is 0.208 e. The summed E-state index contributed by atoms with van der Waals surface area (Å²) in [6.45, 7) is 6.13. The lowest BCUT2D eigenvalue weighted by Gasteiger charge is -2.20. The van der Waals surface area contributed by atoms with E-state index < -0.39 is 10.0 Å². The van der Waals surface area contributed by atoms with Crippen LogP contribution in [0.4, 0.5) is 0 Å². The first-order valence-electron chi connectivity index (χ1n) is 7.15. The molecule has 118 valence electrons. The van der Waals surface area contributed by atoms with Gasteiger partial charge in [-0.1, -0.05) is 6.92 Å². The van der Waals surface area contributed by atoms with Gasteiger partial charge in [0.1, 0.15) is 0 Å². The number of rotatable bonds is 8. The maximum atomic E-state index is 10.9. The summed E-state index contributed by atoms with van der Waals surface area (Å²) in [6, 6.07) is 0.507. The number of sulfonamides is 1. The Morgan fingerprint density at radius 2 is 2.20 bits per heavy atom. The largest absolute Gasteiger partial charge is 0.370 e. The second-order valence-electron chi connectivity index (χ2n) is 5.10. The van der Waals surface area contributed by atoms with E-state index in [1.165, 1.54) is 12.8 Å². The van der Waals surface area contributed by atoms with E-state index in [0.717, 1.165) is 25.9 Å². The van der Waals surface area contributed by atoms with E-state index in [9.17, 15) is 8.42 Å². The molecule has 20 heavy (non-hydrogen) atoms. The first kappa shape index (κ1) is 17.2. The zero-order valence-corrected chi connectivity index (χ0v) is 13.2. The number of nitrogens with two attached hydrogens (primary N) is 1. The molecule has 1 fully saturated rings. The van der Waals surface area contributed by atoms with Gasteiger partial charge in [0, 0.05) is 19.1 Å². The molecule has 1 aliphatic heterocycles. The van der Waals surface area contributed by atoms with Gasteiger partial charge < -0.3 is 11.1 Å². The molecule has 0 spiro atoms. The summed E-state index contributed by atoms with van der Waals surface area (Å²) in [5.41, 5.74) is 5.79. The van der Waals surface area contributed by atoms with E-state index in [4.69, 9.17) is 5.73 Å². The highest BCUT2D eigenvalue weighted by atomic mass is 32.2. The minimum absolute atomic E-state index is 0.408. The highest BCUT2D eigenvalue weighted by Gasteiger charge is 2.22. The molecule has 1 aliphatic rings. The van der Waals surface area contributed by atoms with Crippen molar-refractivity contribution in [1.82, 2.24) is 14.9 Å². The Hall–Kier alpha value is -0.860. The van der Waals surface area contributed by atoms with E-state index in [2.05, 4.69) is 26.9 Å². The van der Waals surface area contributed by atoms with Crippen molar-refractivity contribution in [1.29, 1.82) is 0 Å². The monoisotopic (exact) mass is 305 g/mol. The predicted molar refractivity (Wildman–Crippen MR) is 82.2 cm³/mol. The number of nitrogens with one attached hydrogen (secondary N) is 2. The SMILES string of the molecule is CCN1CCCC1CN=C(N)NCCCNS(C)(=O)=O. The third-order valence-corrected chi connectivity index (χ3v) is 4.13. The molecule has 0 aromatic carbocycles. The molecule has 1 saturated heterocycles. The molecule has 1 atom stereocenters. The molecule has 0 aliphatic carbocycles. The molecule has 8 heteroatoms. The molecule has 0 bridgehead atoms. The van der Waals surface area contributed by atoms with Gasteiger partial charge in [0.25, 0.3) is 0 Å². The summed E-state index contributed by atoms with van der Waals surface area (Å²) >= 11 is 0. The van der Waals surface area contributed by atoms with Crippen molar-refractivity contribution in [3.63, 3.8) is 0 Å². The number of aliphatic imine (C=N–C) groups is 1. The quantitative estimate of drug-likeness (QED) is 0.313. The standard InChI is InChI=1S/C12H27N5O2S/c1-3-17-9-4-6-11(17)10-15-12(13)14-7-5-8-16-20(2,18)19/h11,16H,3-10H2,1-2H3,(H3,13,14,15). The summed E-state index contributed by atoms with van der Waals surface area (Å²) in [5, 5.41) is 3.00. The van der Waals surface area contributed by atoms with Crippen LogP contribution in [-0.2, 0) is 10.0 Å². The summed E-state index contributed by atoms with van der Waals surface area (Å²) in [7, 11) is -3.10. The van der Waals surface area contributed by atoms with Crippen LogP contribution in [0.15, 0.2) is 4.99 Å². The first-order valence-corrected chi connectivity index (χ1v) is 9.04. The van der Waals surface area contributed by atoms with Gasteiger partial charge in [-0.25, -0.2) is 13.1 Å². The molecule has 0 radical (unpaired) electrons. The van der Waals surface area contributed by atoms with Crippen molar-refractivity contribution >= 4 is 16.0 Å². The molecule has 1 unspecified atom stereocenters. The number of likely N-dealkylation sites (N-methyl/N-ethyl adjacent to an activating group) is 1. The van der Waals surface area contributed by atoms with Gasteiger partial charge in [-0.05, 0) is 32.4 Å². The Bertz CT molecular complexity index is 410. The lowest BCUT2D eigenvalue weighted by molar-refractivity contribution is 0.273. The molecule has 0 amide bonds. The fraction of sp³-hybridized carbons (Fsp3) is 0.917. The summed E-state index contributed by atoms with van der Waals surface area (Å²) in [4.78, 5) is 6.78. The van der Waals surface area contributed by atoms with Crippen LogP contribution in [0, 0.1) is 0 Å². The van der Waals surface area contributed by atoms with Crippen LogP contribution in [0.5, 0.6) is 0 Å². The Morgan fingerprint density at radius 1 is 1.45 bits per heavy atom. The van der Waals surface area contributed by atoms with Crippen LogP contribution < -0.4 is 15.8 Å². The van der Waals surface area contributed by atoms with Crippen LogP contribution in [0.3, 0.4) is 0 Å². The second kappa shape index (κ2) is 8.43. The van der Waals surface area contributed by atoms with Gasteiger partial charge in [-0.3, -0.25) is 9.89 Å². The third-order valence-electron chi connectivity index (χ3n) is 3.40. The van der Waals surface area contributed by atoms with Crippen molar-refractivity contribution in [2.24, 2.45) is 10.7 Å². The lowest BCUT2D eigenvalue weighted by Crippen LogP contribution is -2.37. The van der Waals surface area contributed by atoms with Gasteiger partial charge in [-0.2, -0.15) is 0 Å². The maximum Gasteiger partial charge on any atom is 0.208 e. The summed E-state index contributed by atoms with van der Waals surface area (Å²) in [6.07, 6.45) is 4.24. The topological polar surface area (TPSA) is 99.8 Å². The second-order valence-corrected chi connectivity index (χ2v) is 6.93. The first-order chi connectivity index (χ1) is 9.42. The van der Waals surface area contributed by atoms with Gasteiger partial charge in [0.2, 0.25) is 10.0 Å². The molecular weight excluding hydrogens is 278 g/mol. The van der Waals surface area contributed by atoms with Crippen molar-refractivity contribution in [3.05, 3.63) is 0 Å². The van der Waals surface area contributed by atoms with Crippen molar-refractivity contribution < 1.29 is 8.42 Å². The summed E-state index contributed by atoms with van der Waals surface area (Å²) < 4.78 is 24.1. The minimum Gasteiger partial charge on any atom is -0.370 e. The zero-order chi connectivity index (χ0) is 15.0. The van der Waals surface area contributed by atoms with E-state index in [1.54, 1.807) is 0 Å². The van der Waals surface area contributed by atoms with Crippen LogP contribution >= 0.6 is 0 Å². The van der Waals surface area contributed by atoms with Crippen LogP contribution in [0.2, 0.25) is 0 Å². The molecular formula is C12H27N5O2S. The summed E-state index contributed by atoms with van der Waals surface area (Å²) in [5.74, 6) is 0.437. The fourth-order valence-corrected chi connectivity index (χ4v) is 2.86. The van der Waals surface area contributed by atoms with Crippen molar-refractivity contribution in [3.8, 4) is 0 Å². The Morgan fingerprint density at radius 3 is 2.85 bits per heavy atom. The van der Waals surface area contributed by atoms with Gasteiger partial charge in [-0.15, -0.1) is 0 Å². The van der Waals surface area contributed by atoms with Crippen molar-refractivity contribution in [2.45, 2.75) is 32.2 Å². The molecule has 4 N–H and O–H groups in total. The zero-order valence-electron chi connectivity index (χ0n) is 12.4. The van der Waals surface area contributed by atoms with E-state index in [-0.39, 0.29) is 0 Å². The van der Waals surface area contributed by atoms with E-state index >= 15 is 0 Å². The lowest BCUT2D eigenvalue weighted by atomic mass is 10.2. The third kappa shape index (κ3) is 7.06. The highest BCUT2D eigenvalue weighted by molar-refractivity contribution is 7.88. The van der Waals surface area contributed by atoms with Gasteiger partial charge in [0.05, 0.1) is 12.8 Å². The van der Waals surface area contributed by atoms with Gasteiger partial charge >= 0.3 is 0 Å². The number of nitrogens with zero attached hydrogens (tertiary/aromatic N) is 2. The van der Waals surface area contributed by atoms with Gasteiger partial charge in [0.15, 0.2) is 5.96 Å². The average Bonchev–Trinajstić information content (AvgIpc) is 2.82. The minimum atomic E-state index is -3.10. The number of likely N-dealkylation sites (tertiary alicyclic amines) is 1. The molecule has 7 nitrogen and oxygen atoms in total. The van der Waals surface area contributed by atoms with Crippen LogP contribution in [0.1, 0.15) is 26.2 Å². The number of guanidine groups is 1. The molecule has 1 rings (SSSR count). The fourth-order valence-electron chi connectivity index (χ4n) is 2.34. The van der Waals surface area contributed by atoms with E-state index in [0.29, 0.717) is 31.5 Å². The Balaban J connectivity index is 2.15. The Kier molecular flexibility index (Phi) is 7.25. The average molecular weight is 305 g/mol. The molecule has 1 heterocycles. The van der Waals surface area contributed by atoms with Crippen LogP contribution in [-0.4, -0.2) is 64.3 Å². The molecule has 0 saturated carbocycles. The normalized spacial score (nSPS) is 21.3. The highest BCUT2D eigenvalue weighted by Crippen LogP contribution is 2.16. The Labute approximate surface area is 122 Å². The van der Waals surface area contributed by atoms with Crippen LogP contribution in [0.25, 0.3) is 0 Å². The molecule has 0 aromatic heterocycles. The number of hydrogen-bond acceptors (Lipinski definition) is 4. The molecule has 0 aromatic rings. The predicted octanol–water partition coefficient (Wildman–Crippen LogP) is -0.686. The maximum absolute atomic E-state index is 10.9.